The van der Waals surface area contributed by atoms with Crippen LogP contribution in [0.4, 0.5) is 0 Å². The molecule has 0 aromatic carbocycles. The minimum atomic E-state index is -0.626. The molecule has 17 heavy (non-hydrogen) atoms. The molecule has 0 amide bonds. The average Bonchev–Trinajstić information content (AvgIpc) is 2.58. The molecule has 2 bridgehead atoms. The predicted molar refractivity (Wildman–Crippen MR) is 70.1 cm³/mol. The van der Waals surface area contributed by atoms with Crippen LogP contribution in [-0.4, -0.2) is 73.4 Å². The third-order valence-electron chi connectivity index (χ3n) is 4.04. The topological polar surface area (TPSA) is 38.7 Å². The van der Waals surface area contributed by atoms with Gasteiger partial charge in [-0.15, -0.1) is 0 Å². The highest BCUT2D eigenvalue weighted by Gasteiger charge is 2.35. The molecule has 0 aromatic rings. The van der Waals surface area contributed by atoms with Crippen LogP contribution >= 0.6 is 0 Å². The monoisotopic (exact) mass is 241 g/mol. The van der Waals surface area contributed by atoms with Crippen molar-refractivity contribution < 1.29 is 5.11 Å². The number of piperidine rings is 1. The normalized spacial score (nSPS) is 36.2. The number of hydrogen-bond donors (Lipinski definition) is 2. The zero-order valence-electron chi connectivity index (χ0n) is 11.4. The smallest absolute Gasteiger partial charge is 0.0869 e. The molecule has 4 atom stereocenters. The summed E-state index contributed by atoms with van der Waals surface area (Å²) in [5.74, 6) is 0.805. The molecule has 4 unspecified atom stereocenters. The van der Waals surface area contributed by atoms with E-state index in [0.29, 0.717) is 19.1 Å². The maximum absolute atomic E-state index is 10.3. The number of likely N-dealkylation sites (N-methyl/N-ethyl adjacent to an activating group) is 1. The second kappa shape index (κ2) is 5.22. The van der Waals surface area contributed by atoms with E-state index in [2.05, 4.69) is 10.2 Å². The van der Waals surface area contributed by atoms with Crippen LogP contribution in [0.5, 0.6) is 0 Å². The van der Waals surface area contributed by atoms with Crippen molar-refractivity contribution in [3.05, 3.63) is 0 Å². The van der Waals surface area contributed by atoms with Gasteiger partial charge in [0, 0.05) is 25.7 Å². The first-order valence-electron chi connectivity index (χ1n) is 6.79. The fraction of sp³-hybridized carbons (Fsp3) is 1.00. The predicted octanol–water partition coefficient (Wildman–Crippen LogP) is -0.0172. The van der Waals surface area contributed by atoms with Crippen molar-refractivity contribution in [2.45, 2.75) is 31.4 Å². The Labute approximate surface area is 105 Å². The van der Waals surface area contributed by atoms with Gasteiger partial charge in [0.05, 0.1) is 5.60 Å². The van der Waals surface area contributed by atoms with Gasteiger partial charge in [-0.2, -0.15) is 0 Å². The van der Waals surface area contributed by atoms with Crippen LogP contribution in [0.3, 0.4) is 0 Å². The summed E-state index contributed by atoms with van der Waals surface area (Å²) in [4.78, 5) is 4.60. The molecule has 2 aliphatic heterocycles. The first-order chi connectivity index (χ1) is 7.96. The Morgan fingerprint density at radius 3 is 2.76 bits per heavy atom. The van der Waals surface area contributed by atoms with Crippen LogP contribution in [0.15, 0.2) is 0 Å². The van der Waals surface area contributed by atoms with Crippen molar-refractivity contribution >= 4 is 0 Å². The SMILES string of the molecule is CN(C)CC(C)(O)CNC1CCN2CCC1C2. The minimum absolute atomic E-state index is 0.613. The quantitative estimate of drug-likeness (QED) is 0.710. The van der Waals surface area contributed by atoms with Crippen molar-refractivity contribution in [1.29, 1.82) is 0 Å². The van der Waals surface area contributed by atoms with E-state index in [1.165, 1.54) is 32.5 Å². The zero-order chi connectivity index (χ0) is 12.5. The van der Waals surface area contributed by atoms with Gasteiger partial charge >= 0.3 is 0 Å². The largest absolute Gasteiger partial charge is 0.388 e. The lowest BCUT2D eigenvalue weighted by molar-refractivity contribution is 0.0277. The molecule has 4 heteroatoms. The van der Waals surface area contributed by atoms with Gasteiger partial charge in [0.2, 0.25) is 0 Å². The van der Waals surface area contributed by atoms with E-state index in [-0.39, 0.29) is 0 Å². The second-order valence-corrected chi connectivity index (χ2v) is 6.36. The molecule has 2 fully saturated rings. The van der Waals surface area contributed by atoms with E-state index in [0.717, 1.165) is 5.92 Å². The van der Waals surface area contributed by atoms with Crippen molar-refractivity contribution in [2.24, 2.45) is 5.92 Å². The van der Waals surface area contributed by atoms with Gasteiger partial charge in [0.1, 0.15) is 0 Å². The van der Waals surface area contributed by atoms with E-state index >= 15 is 0 Å². The van der Waals surface area contributed by atoms with E-state index in [1.54, 1.807) is 0 Å². The molecule has 0 aromatic heterocycles. The average molecular weight is 241 g/mol. The summed E-state index contributed by atoms with van der Waals surface area (Å²) in [7, 11) is 4.01. The fourth-order valence-corrected chi connectivity index (χ4v) is 3.31. The first-order valence-corrected chi connectivity index (χ1v) is 6.79. The van der Waals surface area contributed by atoms with Gasteiger partial charge in [0.15, 0.2) is 0 Å². The molecule has 100 valence electrons. The van der Waals surface area contributed by atoms with Gasteiger partial charge in [-0.3, -0.25) is 0 Å². The van der Waals surface area contributed by atoms with Crippen molar-refractivity contribution in [3.63, 3.8) is 0 Å². The number of aliphatic hydroxyl groups is 1. The highest BCUT2D eigenvalue weighted by atomic mass is 16.3. The lowest BCUT2D eigenvalue weighted by atomic mass is 9.93. The summed E-state index contributed by atoms with van der Waals surface area (Å²) in [6.07, 6.45) is 2.57. The molecule has 0 saturated carbocycles. The summed E-state index contributed by atoms with van der Waals surface area (Å²) >= 11 is 0. The number of rotatable bonds is 5. The maximum atomic E-state index is 10.3. The van der Waals surface area contributed by atoms with Crippen LogP contribution in [-0.2, 0) is 0 Å². The Hall–Kier alpha value is -0.160. The van der Waals surface area contributed by atoms with E-state index < -0.39 is 5.60 Å². The highest BCUT2D eigenvalue weighted by molar-refractivity contribution is 4.92. The summed E-state index contributed by atoms with van der Waals surface area (Å²) in [5, 5.41) is 13.9. The summed E-state index contributed by atoms with van der Waals surface area (Å²) < 4.78 is 0. The molecule has 2 rings (SSSR count). The molecule has 2 aliphatic rings. The van der Waals surface area contributed by atoms with Crippen LogP contribution in [0.1, 0.15) is 19.8 Å². The van der Waals surface area contributed by atoms with Crippen molar-refractivity contribution in [2.75, 3.05) is 46.8 Å². The minimum Gasteiger partial charge on any atom is -0.388 e. The van der Waals surface area contributed by atoms with E-state index in [1.807, 2.05) is 25.9 Å². The fourth-order valence-electron chi connectivity index (χ4n) is 3.31. The van der Waals surface area contributed by atoms with Gasteiger partial charge in [0.25, 0.3) is 0 Å². The van der Waals surface area contributed by atoms with Crippen molar-refractivity contribution in [1.82, 2.24) is 15.1 Å². The Kier molecular flexibility index (Phi) is 4.08. The summed E-state index contributed by atoms with van der Waals surface area (Å²) in [5.41, 5.74) is -0.626. The maximum Gasteiger partial charge on any atom is 0.0869 e. The third kappa shape index (κ3) is 3.65. The number of nitrogens with zero attached hydrogens (tertiary/aromatic N) is 2. The molecule has 0 aliphatic carbocycles. The first kappa shape index (κ1) is 13.3. The molecule has 2 saturated heterocycles. The highest BCUT2D eigenvalue weighted by Crippen LogP contribution is 2.27. The van der Waals surface area contributed by atoms with Gasteiger partial charge < -0.3 is 20.2 Å². The third-order valence-corrected chi connectivity index (χ3v) is 4.04. The lowest BCUT2D eigenvalue weighted by Gasteiger charge is -2.34. The van der Waals surface area contributed by atoms with Gasteiger partial charge in [-0.25, -0.2) is 0 Å². The molecule has 0 radical (unpaired) electrons. The van der Waals surface area contributed by atoms with Gasteiger partial charge in [-0.1, -0.05) is 0 Å². The summed E-state index contributed by atoms with van der Waals surface area (Å²) in [6.45, 7) is 7.09. The van der Waals surface area contributed by atoms with Gasteiger partial charge in [-0.05, 0) is 52.9 Å². The van der Waals surface area contributed by atoms with E-state index in [4.69, 9.17) is 0 Å². The standard InChI is InChI=1S/C13H27N3O/c1-13(17,10-15(2)3)9-14-12-5-7-16-6-4-11(12)8-16/h11-12,14,17H,4-10H2,1-3H3. The van der Waals surface area contributed by atoms with Crippen LogP contribution < -0.4 is 5.32 Å². The number of nitrogens with one attached hydrogen (secondary N) is 1. The van der Waals surface area contributed by atoms with E-state index in [9.17, 15) is 5.11 Å². The Bertz CT molecular complexity index is 255. The second-order valence-electron chi connectivity index (χ2n) is 6.36. The molecule has 4 nitrogen and oxygen atoms in total. The molecular weight excluding hydrogens is 214 g/mol. The summed E-state index contributed by atoms with van der Waals surface area (Å²) in [6, 6.07) is 0.613. The van der Waals surface area contributed by atoms with Crippen LogP contribution in [0.2, 0.25) is 0 Å². The molecule has 2 N–H and O–H groups in total. The Morgan fingerprint density at radius 2 is 2.06 bits per heavy atom. The molecule has 2 heterocycles. The molecular formula is C13H27N3O. The Morgan fingerprint density at radius 1 is 1.35 bits per heavy atom. The number of hydrogen-bond acceptors (Lipinski definition) is 4. The lowest BCUT2D eigenvalue weighted by Crippen LogP contribution is -2.51. The zero-order valence-corrected chi connectivity index (χ0v) is 11.4. The van der Waals surface area contributed by atoms with Crippen LogP contribution in [0, 0.1) is 5.92 Å². The number of fused-ring (bicyclic) bond motifs is 2. The molecule has 0 spiro atoms. The Balaban J connectivity index is 1.77. The van der Waals surface area contributed by atoms with Crippen LogP contribution in [0.25, 0.3) is 0 Å². The van der Waals surface area contributed by atoms with Crippen molar-refractivity contribution in [3.8, 4) is 0 Å².